The third kappa shape index (κ3) is 1.53. The van der Waals surface area contributed by atoms with Crippen LogP contribution in [-0.4, -0.2) is 19.4 Å². The fourth-order valence-corrected chi connectivity index (χ4v) is 0.877. The maximum atomic E-state index is 5.05. The summed E-state index contributed by atoms with van der Waals surface area (Å²) in [7, 11) is 3.13. The second-order valence-electron chi connectivity index (χ2n) is 2.51. The number of hydroxylamine groups is 1. The monoisotopic (exact) mass is 169 g/mol. The third-order valence-electron chi connectivity index (χ3n) is 1.72. The van der Waals surface area contributed by atoms with Crippen molar-refractivity contribution in [2.45, 2.75) is 13.8 Å². The van der Waals surface area contributed by atoms with Crippen LogP contribution in [-0.2, 0) is 9.57 Å². The molecule has 0 aromatic heterocycles. The van der Waals surface area contributed by atoms with E-state index in [0.717, 1.165) is 11.3 Å². The average Bonchev–Trinajstić information content (AvgIpc) is 2.09. The van der Waals surface area contributed by atoms with Gasteiger partial charge >= 0.3 is 0 Å². The zero-order valence-corrected chi connectivity index (χ0v) is 7.79. The van der Waals surface area contributed by atoms with Crippen LogP contribution in [0.1, 0.15) is 13.8 Å². The third-order valence-corrected chi connectivity index (χ3v) is 1.72. The van der Waals surface area contributed by atoms with Crippen molar-refractivity contribution in [3.05, 3.63) is 28.7 Å². The Morgan fingerprint density at radius 3 is 2.50 bits per heavy atom. The summed E-state index contributed by atoms with van der Waals surface area (Å²) >= 11 is 0. The first-order valence-corrected chi connectivity index (χ1v) is 3.68. The molecule has 0 N–H and O–H groups in total. The van der Waals surface area contributed by atoms with E-state index in [1.165, 1.54) is 5.17 Å². The normalized spacial score (nSPS) is 17.3. The SMILES string of the molecule is COC1=CC(C)=C(C)[N-]N1OC. The van der Waals surface area contributed by atoms with Crippen molar-refractivity contribution in [2.75, 3.05) is 14.2 Å². The van der Waals surface area contributed by atoms with Gasteiger partial charge in [0.15, 0.2) is 5.88 Å². The van der Waals surface area contributed by atoms with Crippen LogP contribution in [0.5, 0.6) is 0 Å². The Hall–Kier alpha value is -1.16. The van der Waals surface area contributed by atoms with Crippen LogP contribution < -0.4 is 0 Å². The molecular formula is C8H13N2O2-. The summed E-state index contributed by atoms with van der Waals surface area (Å²) in [5.74, 6) is 0.598. The summed E-state index contributed by atoms with van der Waals surface area (Å²) < 4.78 is 5.05. The Labute approximate surface area is 72.4 Å². The van der Waals surface area contributed by atoms with Gasteiger partial charge in [-0.2, -0.15) is 0 Å². The molecule has 4 heteroatoms. The molecule has 0 atom stereocenters. The van der Waals surface area contributed by atoms with E-state index in [0.29, 0.717) is 5.88 Å². The molecule has 0 saturated heterocycles. The Balaban J connectivity index is 2.85. The van der Waals surface area contributed by atoms with Crippen LogP contribution >= 0.6 is 0 Å². The van der Waals surface area contributed by atoms with Gasteiger partial charge in [0.25, 0.3) is 0 Å². The highest BCUT2D eigenvalue weighted by atomic mass is 16.7. The van der Waals surface area contributed by atoms with Gasteiger partial charge in [-0.25, -0.2) is 0 Å². The van der Waals surface area contributed by atoms with E-state index >= 15 is 0 Å². The van der Waals surface area contributed by atoms with Gasteiger partial charge in [0.05, 0.1) is 14.2 Å². The summed E-state index contributed by atoms with van der Waals surface area (Å²) in [6, 6.07) is 0. The molecule has 0 aromatic rings. The van der Waals surface area contributed by atoms with Crippen molar-refractivity contribution in [1.82, 2.24) is 5.17 Å². The summed E-state index contributed by atoms with van der Waals surface area (Å²) in [6.07, 6.45) is 1.88. The largest absolute Gasteiger partial charge is 0.569 e. The van der Waals surface area contributed by atoms with E-state index in [-0.39, 0.29) is 0 Å². The maximum absolute atomic E-state index is 5.05. The number of rotatable bonds is 2. The van der Waals surface area contributed by atoms with E-state index in [1.807, 2.05) is 19.9 Å². The van der Waals surface area contributed by atoms with Crippen molar-refractivity contribution in [2.24, 2.45) is 0 Å². The zero-order chi connectivity index (χ0) is 9.14. The Kier molecular flexibility index (Phi) is 2.60. The lowest BCUT2D eigenvalue weighted by molar-refractivity contribution is -0.107. The van der Waals surface area contributed by atoms with Gasteiger partial charge in [0.1, 0.15) is 0 Å². The fourth-order valence-electron chi connectivity index (χ4n) is 0.877. The summed E-state index contributed by atoms with van der Waals surface area (Å²) in [5, 5.41) is 1.35. The van der Waals surface area contributed by atoms with Crippen LogP contribution in [0.4, 0.5) is 0 Å². The standard InChI is InChI=1S/C8H13N2O2/c1-6-5-8(11-3)10(12-4)9-7(6)2/h5H,1-4H3/q-1. The van der Waals surface area contributed by atoms with Crippen LogP contribution in [0.3, 0.4) is 0 Å². The molecule has 1 heterocycles. The van der Waals surface area contributed by atoms with E-state index in [2.05, 4.69) is 5.43 Å². The predicted octanol–water partition coefficient (Wildman–Crippen LogP) is 1.93. The minimum Gasteiger partial charge on any atom is -0.569 e. The first-order valence-electron chi connectivity index (χ1n) is 3.68. The predicted molar refractivity (Wildman–Crippen MR) is 45.7 cm³/mol. The minimum atomic E-state index is 0.598. The second kappa shape index (κ2) is 3.49. The van der Waals surface area contributed by atoms with Crippen molar-refractivity contribution in [3.63, 3.8) is 0 Å². The summed E-state index contributed by atoms with van der Waals surface area (Å²) in [4.78, 5) is 4.95. The highest BCUT2D eigenvalue weighted by Crippen LogP contribution is 2.26. The maximum Gasteiger partial charge on any atom is 0.200 e. The molecule has 0 aliphatic carbocycles. The molecule has 0 unspecified atom stereocenters. The summed E-state index contributed by atoms with van der Waals surface area (Å²) in [6.45, 7) is 3.90. The van der Waals surface area contributed by atoms with E-state index in [9.17, 15) is 0 Å². The van der Waals surface area contributed by atoms with Gasteiger partial charge in [-0.1, -0.05) is 12.5 Å². The van der Waals surface area contributed by atoms with Gasteiger partial charge < -0.3 is 10.2 Å². The lowest BCUT2D eigenvalue weighted by Gasteiger charge is -2.41. The lowest BCUT2D eigenvalue weighted by atomic mass is 10.2. The van der Waals surface area contributed by atoms with Crippen molar-refractivity contribution < 1.29 is 9.57 Å². The number of ether oxygens (including phenoxy) is 1. The van der Waals surface area contributed by atoms with Crippen LogP contribution in [0.2, 0.25) is 0 Å². The highest BCUT2D eigenvalue weighted by molar-refractivity contribution is 5.34. The van der Waals surface area contributed by atoms with Crippen LogP contribution in [0.15, 0.2) is 23.2 Å². The molecule has 0 bridgehead atoms. The van der Waals surface area contributed by atoms with Crippen molar-refractivity contribution >= 4 is 0 Å². The van der Waals surface area contributed by atoms with Gasteiger partial charge in [-0.05, 0) is 6.92 Å². The molecule has 0 aromatic carbocycles. The Morgan fingerprint density at radius 2 is 2.00 bits per heavy atom. The van der Waals surface area contributed by atoms with Crippen molar-refractivity contribution in [3.8, 4) is 0 Å². The number of allylic oxidation sites excluding steroid dienone is 3. The van der Waals surface area contributed by atoms with Crippen LogP contribution in [0, 0.1) is 0 Å². The van der Waals surface area contributed by atoms with Gasteiger partial charge in [-0.15, -0.1) is 5.70 Å². The topological polar surface area (TPSA) is 35.8 Å². The molecule has 0 radical (unpaired) electrons. The quantitative estimate of drug-likeness (QED) is 0.633. The first-order chi connectivity index (χ1) is 5.69. The van der Waals surface area contributed by atoms with Gasteiger partial charge in [0, 0.05) is 6.08 Å². The number of hydrogen-bond acceptors (Lipinski definition) is 3. The molecule has 0 fully saturated rings. The van der Waals surface area contributed by atoms with Gasteiger partial charge in [-0.3, -0.25) is 10.0 Å². The second-order valence-corrected chi connectivity index (χ2v) is 2.51. The molecule has 12 heavy (non-hydrogen) atoms. The zero-order valence-electron chi connectivity index (χ0n) is 7.79. The van der Waals surface area contributed by atoms with Crippen LogP contribution in [0.25, 0.3) is 5.43 Å². The molecule has 0 spiro atoms. The molecule has 4 nitrogen and oxygen atoms in total. The molecule has 0 saturated carbocycles. The Bertz CT molecular complexity index is 233. The molecule has 1 rings (SSSR count). The molecular weight excluding hydrogens is 156 g/mol. The van der Waals surface area contributed by atoms with E-state index < -0.39 is 0 Å². The molecule has 0 amide bonds. The number of hydrogen-bond donors (Lipinski definition) is 0. The minimum absolute atomic E-state index is 0.598. The summed E-state index contributed by atoms with van der Waals surface area (Å²) in [5.41, 5.74) is 6.14. The van der Waals surface area contributed by atoms with Gasteiger partial charge in [0.2, 0.25) is 0 Å². The smallest absolute Gasteiger partial charge is 0.200 e. The van der Waals surface area contributed by atoms with Crippen molar-refractivity contribution in [1.29, 1.82) is 0 Å². The lowest BCUT2D eigenvalue weighted by Crippen LogP contribution is -2.21. The number of methoxy groups -OCH3 is 1. The highest BCUT2D eigenvalue weighted by Gasteiger charge is 2.05. The van der Waals surface area contributed by atoms with E-state index in [1.54, 1.807) is 14.2 Å². The van der Waals surface area contributed by atoms with E-state index in [4.69, 9.17) is 9.57 Å². The molecule has 1 aliphatic rings. The fraction of sp³-hybridized carbons (Fsp3) is 0.500. The average molecular weight is 169 g/mol. The molecule has 68 valence electrons. The number of nitrogens with zero attached hydrogens (tertiary/aromatic N) is 2. The first kappa shape index (κ1) is 8.93. The molecule has 1 aliphatic heterocycles. The Morgan fingerprint density at radius 1 is 1.33 bits per heavy atom.